The Morgan fingerprint density at radius 3 is 2.44 bits per heavy atom. The Balaban J connectivity index is 0.000000709. The van der Waals surface area contributed by atoms with E-state index < -0.39 is 0 Å². The number of primary amides is 1. The smallest absolute Gasteiger partial charge is 0.214 e. The van der Waals surface area contributed by atoms with E-state index >= 15 is 0 Å². The van der Waals surface area contributed by atoms with Gasteiger partial charge in [-0.2, -0.15) is 20.7 Å². The quantitative estimate of drug-likeness (QED) is 0.402. The van der Waals surface area contributed by atoms with Crippen LogP contribution in [0.1, 0.15) is 61.9 Å². The third-order valence-corrected chi connectivity index (χ3v) is 7.31. The third-order valence-electron chi connectivity index (χ3n) is 6.20. The number of nitrogens with zero attached hydrogens (tertiary/aromatic N) is 6. The summed E-state index contributed by atoms with van der Waals surface area (Å²) in [5, 5.41) is 28.3. The van der Waals surface area contributed by atoms with Gasteiger partial charge in [-0.25, -0.2) is 4.52 Å². The van der Waals surface area contributed by atoms with Crippen molar-refractivity contribution < 1.29 is 4.79 Å². The largest absolute Gasteiger partial charge is 0.370 e. The minimum Gasteiger partial charge on any atom is -0.370 e. The van der Waals surface area contributed by atoms with Crippen LogP contribution in [0.5, 0.6) is 0 Å². The van der Waals surface area contributed by atoms with Crippen molar-refractivity contribution in [1.29, 1.82) is 10.5 Å². The first-order chi connectivity index (χ1) is 17.4. The summed E-state index contributed by atoms with van der Waals surface area (Å²) in [5.41, 5.74) is 9.58. The average molecular weight is 498 g/mol. The molecule has 0 aliphatic heterocycles. The van der Waals surface area contributed by atoms with Crippen LogP contribution < -0.4 is 5.73 Å². The van der Waals surface area contributed by atoms with Gasteiger partial charge >= 0.3 is 0 Å². The van der Waals surface area contributed by atoms with E-state index in [0.29, 0.717) is 17.2 Å². The molecule has 1 aromatic carbocycles. The van der Waals surface area contributed by atoms with E-state index in [1.807, 2.05) is 36.7 Å². The summed E-state index contributed by atoms with van der Waals surface area (Å²) in [4.78, 5) is 11.0. The molecule has 2 N–H and O–H groups in total. The Kier molecular flexibility index (Phi) is 7.72. The van der Waals surface area contributed by atoms with Gasteiger partial charge in [0.25, 0.3) is 0 Å². The first kappa shape index (κ1) is 25.0. The highest BCUT2D eigenvalue weighted by molar-refractivity contribution is 7.99. The highest BCUT2D eigenvalue weighted by Crippen LogP contribution is 2.38. The van der Waals surface area contributed by atoms with Crippen LogP contribution in [0.3, 0.4) is 0 Å². The number of benzene rings is 1. The number of carbonyl (C=O) groups is 1. The van der Waals surface area contributed by atoms with Crippen LogP contribution in [0.15, 0.2) is 58.7 Å². The van der Waals surface area contributed by atoms with Crippen LogP contribution in [0.2, 0.25) is 0 Å². The maximum Gasteiger partial charge on any atom is 0.214 e. The molecule has 1 aliphatic carbocycles. The fourth-order valence-electron chi connectivity index (χ4n) is 4.56. The standard InChI is InChI=1S/C25H22N6S.C2H5NO/c1-17-22(15-29-31(17)21-8-3-2-4-9-21)19-11-24(25-20(13-27)14-28-30(25)16-19)32-23-10-6-5-7-18(23)12-26;1-2(3)4/h5-7,10-11,14-16,21H,2-4,8-9H2,1H3;1H3,(H2,3,4). The van der Waals surface area contributed by atoms with E-state index in [4.69, 9.17) is 5.10 Å². The minimum atomic E-state index is -0.333. The molecule has 8 nitrogen and oxygen atoms in total. The molecule has 0 unspecified atom stereocenters. The lowest BCUT2D eigenvalue weighted by molar-refractivity contribution is -0.115. The number of nitrogens with two attached hydrogens (primary N) is 1. The molecule has 5 rings (SSSR count). The summed E-state index contributed by atoms with van der Waals surface area (Å²) in [7, 11) is 0. The molecule has 1 fully saturated rings. The van der Waals surface area contributed by atoms with E-state index in [1.54, 1.807) is 10.7 Å². The van der Waals surface area contributed by atoms with E-state index in [1.165, 1.54) is 50.8 Å². The van der Waals surface area contributed by atoms with E-state index in [0.717, 1.165) is 32.1 Å². The van der Waals surface area contributed by atoms with Gasteiger partial charge in [-0.05, 0) is 38.0 Å². The molecule has 36 heavy (non-hydrogen) atoms. The second-order valence-electron chi connectivity index (χ2n) is 8.76. The highest BCUT2D eigenvalue weighted by Gasteiger charge is 2.21. The van der Waals surface area contributed by atoms with Crippen molar-refractivity contribution in [3.63, 3.8) is 0 Å². The monoisotopic (exact) mass is 497 g/mol. The number of fused-ring (bicyclic) bond motifs is 1. The van der Waals surface area contributed by atoms with Crippen LogP contribution in [0.4, 0.5) is 0 Å². The molecule has 0 atom stereocenters. The lowest BCUT2D eigenvalue weighted by Gasteiger charge is -2.23. The van der Waals surface area contributed by atoms with Crippen LogP contribution >= 0.6 is 11.8 Å². The van der Waals surface area contributed by atoms with Gasteiger partial charge in [-0.1, -0.05) is 43.2 Å². The van der Waals surface area contributed by atoms with Crippen LogP contribution in [-0.2, 0) is 4.79 Å². The number of carbonyl (C=O) groups excluding carboxylic acids is 1. The van der Waals surface area contributed by atoms with Gasteiger partial charge in [-0.15, -0.1) is 0 Å². The number of pyridine rings is 1. The Bertz CT molecular complexity index is 1480. The first-order valence-corrected chi connectivity index (χ1v) is 12.6. The molecule has 0 radical (unpaired) electrons. The highest BCUT2D eigenvalue weighted by atomic mass is 32.2. The summed E-state index contributed by atoms with van der Waals surface area (Å²) in [6.45, 7) is 3.43. The lowest BCUT2D eigenvalue weighted by atomic mass is 9.95. The van der Waals surface area contributed by atoms with Gasteiger partial charge < -0.3 is 5.73 Å². The van der Waals surface area contributed by atoms with Crippen molar-refractivity contribution in [2.45, 2.75) is 61.8 Å². The molecule has 1 amide bonds. The topological polar surface area (TPSA) is 126 Å². The summed E-state index contributed by atoms with van der Waals surface area (Å²) >= 11 is 1.49. The first-order valence-electron chi connectivity index (χ1n) is 11.8. The average Bonchev–Trinajstić information content (AvgIpc) is 3.48. The zero-order valence-electron chi connectivity index (χ0n) is 20.3. The molecule has 4 aromatic rings. The normalized spacial score (nSPS) is 13.4. The summed E-state index contributed by atoms with van der Waals surface area (Å²) in [5.74, 6) is -0.333. The SMILES string of the molecule is CC(N)=O.Cc1c(-c2cc(Sc3ccccc3C#N)c3c(C#N)cnn3c2)cnn1C1CCCCC1. The zero-order chi connectivity index (χ0) is 25.7. The second-order valence-corrected chi connectivity index (χ2v) is 9.84. The molecule has 3 heterocycles. The third kappa shape index (κ3) is 5.27. The van der Waals surface area contributed by atoms with Crippen molar-refractivity contribution in [2.75, 3.05) is 0 Å². The maximum atomic E-state index is 9.62. The number of amides is 1. The Morgan fingerprint density at radius 1 is 1.06 bits per heavy atom. The number of nitriles is 2. The van der Waals surface area contributed by atoms with Gasteiger partial charge in [-0.3, -0.25) is 9.48 Å². The van der Waals surface area contributed by atoms with Crippen molar-refractivity contribution in [3.8, 4) is 23.3 Å². The summed E-state index contributed by atoms with van der Waals surface area (Å²) in [6.07, 6.45) is 11.7. The molecule has 3 aromatic heterocycles. The number of aromatic nitrogens is 4. The number of hydrogen-bond donors (Lipinski definition) is 1. The number of hydrogen-bond acceptors (Lipinski definition) is 6. The minimum absolute atomic E-state index is 0.333. The molecule has 1 saturated carbocycles. The van der Waals surface area contributed by atoms with Crippen LogP contribution in [-0.4, -0.2) is 25.3 Å². The maximum absolute atomic E-state index is 9.62. The fourth-order valence-corrected chi connectivity index (χ4v) is 5.65. The second kappa shape index (κ2) is 11.1. The van der Waals surface area contributed by atoms with Gasteiger partial charge in [0.05, 0.1) is 35.1 Å². The molecule has 0 saturated heterocycles. The Morgan fingerprint density at radius 2 is 1.75 bits per heavy atom. The van der Waals surface area contributed by atoms with Crippen LogP contribution in [0.25, 0.3) is 16.6 Å². The zero-order valence-corrected chi connectivity index (χ0v) is 21.1. The van der Waals surface area contributed by atoms with Crippen molar-refractivity contribution in [1.82, 2.24) is 19.4 Å². The molecule has 9 heteroatoms. The van der Waals surface area contributed by atoms with Gasteiger partial charge in [0.15, 0.2) is 0 Å². The van der Waals surface area contributed by atoms with Gasteiger partial charge in [0.2, 0.25) is 5.91 Å². The summed E-state index contributed by atoms with van der Waals surface area (Å²) in [6, 6.07) is 14.6. The molecule has 0 bridgehead atoms. The fraction of sp³-hybridized carbons (Fsp3) is 0.296. The predicted molar refractivity (Wildman–Crippen MR) is 138 cm³/mol. The van der Waals surface area contributed by atoms with E-state index in [9.17, 15) is 15.3 Å². The van der Waals surface area contributed by atoms with Gasteiger partial charge in [0.1, 0.15) is 12.1 Å². The lowest BCUT2D eigenvalue weighted by Crippen LogP contribution is -2.15. The van der Waals surface area contributed by atoms with Crippen molar-refractivity contribution in [2.24, 2.45) is 5.73 Å². The molecule has 182 valence electrons. The van der Waals surface area contributed by atoms with E-state index in [-0.39, 0.29) is 5.91 Å². The molecule has 1 aliphatic rings. The Hall–Kier alpha value is -4.08. The number of rotatable bonds is 4. The summed E-state index contributed by atoms with van der Waals surface area (Å²) < 4.78 is 3.95. The molecular formula is C27H27N7OS. The van der Waals surface area contributed by atoms with Gasteiger partial charge in [0, 0.05) is 39.7 Å². The molecular weight excluding hydrogens is 470 g/mol. The Labute approximate surface area is 214 Å². The van der Waals surface area contributed by atoms with Crippen LogP contribution in [0, 0.1) is 29.6 Å². The van der Waals surface area contributed by atoms with Crippen molar-refractivity contribution >= 4 is 23.2 Å². The predicted octanol–water partition coefficient (Wildman–Crippen LogP) is 5.40. The van der Waals surface area contributed by atoms with E-state index in [2.05, 4.69) is 40.6 Å². The van der Waals surface area contributed by atoms with Crippen molar-refractivity contribution in [3.05, 3.63) is 65.7 Å². The molecule has 0 spiro atoms.